The third kappa shape index (κ3) is 4.46. The lowest BCUT2D eigenvalue weighted by atomic mass is 10.1. The topological polar surface area (TPSA) is 87.1 Å². The summed E-state index contributed by atoms with van der Waals surface area (Å²) in [6.45, 7) is 1.68. The number of aliphatic hydroxyl groups excluding tert-OH is 2. The molecule has 7 heteroatoms. The molecule has 1 amide bonds. The van der Waals surface area contributed by atoms with Gasteiger partial charge in [0.2, 0.25) is 0 Å². The van der Waals surface area contributed by atoms with Gasteiger partial charge in [-0.2, -0.15) is 0 Å². The Hall–Kier alpha value is -1.57. The maximum Gasteiger partial charge on any atom is 0.410 e. The van der Waals surface area contributed by atoms with E-state index in [0.29, 0.717) is 0 Å². The average Bonchev–Trinajstić information content (AvgIpc) is 2.49. The van der Waals surface area contributed by atoms with E-state index in [9.17, 15) is 19.8 Å². The number of benzene rings is 1. The number of aliphatic hydroxyl groups is 2. The first-order valence-corrected chi connectivity index (χ1v) is 7.84. The number of hydrogen-bond donors (Lipinski definition) is 2. The van der Waals surface area contributed by atoms with Crippen molar-refractivity contribution in [3.05, 3.63) is 35.9 Å². The summed E-state index contributed by atoms with van der Waals surface area (Å²) in [7, 11) is 0. The number of ether oxygens (including phenoxy) is 1. The molecule has 1 heterocycles. The zero-order valence-electron chi connectivity index (χ0n) is 12.2. The van der Waals surface area contributed by atoms with Crippen molar-refractivity contribution in [1.82, 2.24) is 4.90 Å². The molecule has 6 nitrogen and oxygen atoms in total. The summed E-state index contributed by atoms with van der Waals surface area (Å²) in [6.07, 6.45) is -2.69. The molecule has 0 unspecified atom stereocenters. The summed E-state index contributed by atoms with van der Waals surface area (Å²) in [4.78, 5) is 24.6. The minimum atomic E-state index is -1.09. The highest BCUT2D eigenvalue weighted by Gasteiger charge is 2.38. The Morgan fingerprint density at radius 1 is 1.27 bits per heavy atom. The van der Waals surface area contributed by atoms with Crippen LogP contribution < -0.4 is 0 Å². The van der Waals surface area contributed by atoms with Gasteiger partial charge in [-0.3, -0.25) is 4.79 Å². The van der Waals surface area contributed by atoms with E-state index in [-0.39, 0.29) is 24.8 Å². The predicted octanol–water partition coefficient (Wildman–Crippen LogP) is 1.01. The Kier molecular flexibility index (Phi) is 5.82. The van der Waals surface area contributed by atoms with Crippen molar-refractivity contribution >= 4 is 23.0 Å². The summed E-state index contributed by atoms with van der Waals surface area (Å²) >= 11 is 0.925. The quantitative estimate of drug-likeness (QED) is 0.862. The van der Waals surface area contributed by atoms with Gasteiger partial charge >= 0.3 is 6.09 Å². The second kappa shape index (κ2) is 7.62. The van der Waals surface area contributed by atoms with E-state index in [4.69, 9.17) is 4.74 Å². The van der Waals surface area contributed by atoms with E-state index >= 15 is 0 Å². The molecule has 2 N–H and O–H groups in total. The number of nitrogens with zero attached hydrogens (tertiary/aromatic N) is 1. The van der Waals surface area contributed by atoms with Gasteiger partial charge in [-0.25, -0.2) is 4.79 Å². The molecular weight excluding hydrogens is 306 g/mol. The largest absolute Gasteiger partial charge is 0.445 e. The second-order valence-electron chi connectivity index (χ2n) is 5.15. The molecule has 120 valence electrons. The van der Waals surface area contributed by atoms with Crippen molar-refractivity contribution < 1.29 is 24.5 Å². The molecule has 0 bridgehead atoms. The van der Waals surface area contributed by atoms with Crippen LogP contribution in [0, 0.1) is 0 Å². The molecule has 0 aliphatic carbocycles. The Morgan fingerprint density at radius 2 is 1.95 bits per heavy atom. The van der Waals surface area contributed by atoms with E-state index in [0.717, 1.165) is 17.3 Å². The van der Waals surface area contributed by atoms with E-state index in [2.05, 4.69) is 0 Å². The van der Waals surface area contributed by atoms with Crippen LogP contribution in [0.15, 0.2) is 30.3 Å². The van der Waals surface area contributed by atoms with Crippen LogP contribution in [0.2, 0.25) is 0 Å². The Labute approximate surface area is 133 Å². The van der Waals surface area contributed by atoms with E-state index in [1.54, 1.807) is 0 Å². The highest BCUT2D eigenvalue weighted by atomic mass is 32.2. The number of carbonyl (C=O) groups excluding carboxylic acids is 2. The van der Waals surface area contributed by atoms with Crippen molar-refractivity contribution in [1.29, 1.82) is 0 Å². The van der Waals surface area contributed by atoms with Gasteiger partial charge in [0.1, 0.15) is 6.61 Å². The third-order valence-electron chi connectivity index (χ3n) is 3.36. The number of amides is 1. The van der Waals surface area contributed by atoms with Gasteiger partial charge in [-0.15, -0.1) is 0 Å². The lowest BCUT2D eigenvalue weighted by molar-refractivity contribution is -0.109. The number of hydrogen-bond acceptors (Lipinski definition) is 6. The molecule has 22 heavy (non-hydrogen) atoms. The van der Waals surface area contributed by atoms with Crippen molar-refractivity contribution in [3.8, 4) is 0 Å². The van der Waals surface area contributed by atoms with Crippen LogP contribution in [0.5, 0.6) is 0 Å². The second-order valence-corrected chi connectivity index (χ2v) is 6.57. The van der Waals surface area contributed by atoms with Gasteiger partial charge in [0, 0.05) is 13.5 Å². The monoisotopic (exact) mass is 325 g/mol. The standard InChI is InChI=1S/C15H19NO5S/c1-10(17)22-13-8-16(7-12(18)14(13)19)15(20)21-9-11-5-3-2-4-6-11/h2-6,12-14,18-19H,7-9H2,1H3/t12-,13-,14-/m0/s1. The van der Waals surface area contributed by atoms with Gasteiger partial charge < -0.3 is 19.8 Å². The highest BCUT2D eigenvalue weighted by molar-refractivity contribution is 8.14. The van der Waals surface area contributed by atoms with Crippen LogP contribution in [-0.4, -0.2) is 56.9 Å². The van der Waals surface area contributed by atoms with Crippen LogP contribution in [0.25, 0.3) is 0 Å². The number of carbonyl (C=O) groups is 2. The molecule has 0 radical (unpaired) electrons. The smallest absolute Gasteiger partial charge is 0.410 e. The number of likely N-dealkylation sites (tertiary alicyclic amines) is 1. The zero-order valence-corrected chi connectivity index (χ0v) is 13.0. The third-order valence-corrected chi connectivity index (χ3v) is 4.43. The van der Waals surface area contributed by atoms with Gasteiger partial charge in [0.05, 0.1) is 24.0 Å². The molecule has 3 atom stereocenters. The highest BCUT2D eigenvalue weighted by Crippen LogP contribution is 2.24. The summed E-state index contributed by atoms with van der Waals surface area (Å²) in [5, 5.41) is 19.0. The maximum absolute atomic E-state index is 12.1. The van der Waals surface area contributed by atoms with Gasteiger partial charge in [-0.05, 0) is 5.56 Å². The SMILES string of the molecule is CC(=O)S[C@H]1CN(C(=O)OCc2ccccc2)C[C@H](O)[C@@H]1O. The number of rotatable bonds is 3. The first kappa shape index (κ1) is 16.8. The lowest BCUT2D eigenvalue weighted by Crippen LogP contribution is -2.56. The molecule has 0 saturated carbocycles. The molecule has 1 aromatic rings. The Bertz CT molecular complexity index is 524. The fourth-order valence-corrected chi connectivity index (χ4v) is 3.26. The van der Waals surface area contributed by atoms with Crippen LogP contribution in [0.1, 0.15) is 12.5 Å². The van der Waals surface area contributed by atoms with Crippen LogP contribution in [-0.2, 0) is 16.1 Å². The lowest BCUT2D eigenvalue weighted by Gasteiger charge is -2.37. The summed E-state index contributed by atoms with van der Waals surface area (Å²) in [5.41, 5.74) is 0.864. The fraction of sp³-hybridized carbons (Fsp3) is 0.467. The molecule has 1 saturated heterocycles. The molecule has 1 aliphatic heterocycles. The average molecular weight is 325 g/mol. The molecule has 1 fully saturated rings. The number of thioether (sulfide) groups is 1. The van der Waals surface area contributed by atoms with E-state index in [1.807, 2.05) is 30.3 Å². The molecule has 2 rings (SSSR count). The molecule has 0 spiro atoms. The van der Waals surface area contributed by atoms with Gasteiger partial charge in [0.25, 0.3) is 0 Å². The minimum absolute atomic E-state index is 0.0102. The first-order valence-electron chi connectivity index (χ1n) is 6.96. The number of piperidine rings is 1. The van der Waals surface area contributed by atoms with Crippen molar-refractivity contribution in [3.63, 3.8) is 0 Å². The van der Waals surface area contributed by atoms with Crippen molar-refractivity contribution in [2.24, 2.45) is 0 Å². The summed E-state index contributed by atoms with van der Waals surface area (Å²) < 4.78 is 5.20. The van der Waals surface area contributed by atoms with Crippen molar-refractivity contribution in [2.75, 3.05) is 13.1 Å². The summed E-state index contributed by atoms with van der Waals surface area (Å²) in [5.74, 6) is 0. The van der Waals surface area contributed by atoms with E-state index in [1.165, 1.54) is 11.8 Å². The fourth-order valence-electron chi connectivity index (χ4n) is 2.26. The molecule has 1 aliphatic rings. The first-order chi connectivity index (χ1) is 10.5. The zero-order chi connectivity index (χ0) is 16.1. The van der Waals surface area contributed by atoms with Crippen LogP contribution >= 0.6 is 11.8 Å². The number of β-amino-alcohol motifs (C(OH)–C–C–N with tert-alkyl or cyclic N) is 1. The predicted molar refractivity (Wildman–Crippen MR) is 82.3 cm³/mol. The molecule has 1 aromatic carbocycles. The van der Waals surface area contributed by atoms with E-state index < -0.39 is 23.6 Å². The van der Waals surface area contributed by atoms with Crippen molar-refractivity contribution in [2.45, 2.75) is 31.0 Å². The minimum Gasteiger partial charge on any atom is -0.445 e. The van der Waals surface area contributed by atoms with Gasteiger partial charge in [0.15, 0.2) is 5.12 Å². The maximum atomic E-state index is 12.1. The summed E-state index contributed by atoms with van der Waals surface area (Å²) in [6, 6.07) is 9.26. The molecular formula is C15H19NO5S. The van der Waals surface area contributed by atoms with Gasteiger partial charge in [-0.1, -0.05) is 42.1 Å². The Morgan fingerprint density at radius 3 is 2.59 bits per heavy atom. The van der Waals surface area contributed by atoms with Crippen LogP contribution in [0.4, 0.5) is 4.79 Å². The Balaban J connectivity index is 1.92. The van der Waals surface area contributed by atoms with Crippen LogP contribution in [0.3, 0.4) is 0 Å². The molecule has 0 aromatic heterocycles. The normalized spacial score (nSPS) is 24.9.